The van der Waals surface area contributed by atoms with Crippen LogP contribution in [0.2, 0.25) is 0 Å². The van der Waals surface area contributed by atoms with E-state index >= 15 is 0 Å². The number of Topliss-reactive ketones (excluding diaryl/α,β-unsaturated/α-hetero) is 1. The highest BCUT2D eigenvalue weighted by atomic mass is 16.6. The molecule has 2 atom stereocenters. The Bertz CT molecular complexity index is 1150. The molecule has 3 heteroatoms. The van der Waals surface area contributed by atoms with E-state index in [-0.39, 0.29) is 11.9 Å². The van der Waals surface area contributed by atoms with Gasteiger partial charge in [0.2, 0.25) is 0 Å². The molecule has 4 aromatic carbocycles. The van der Waals surface area contributed by atoms with Gasteiger partial charge in [-0.15, -0.1) is 0 Å². The van der Waals surface area contributed by atoms with Crippen LogP contribution >= 0.6 is 0 Å². The molecule has 0 aliphatic carbocycles. The van der Waals surface area contributed by atoms with Crippen LogP contribution in [0.5, 0.6) is 5.75 Å². The third-order valence-corrected chi connectivity index (χ3v) is 5.25. The second-order valence-corrected chi connectivity index (χ2v) is 7.19. The van der Waals surface area contributed by atoms with Crippen molar-refractivity contribution in [1.82, 2.24) is 0 Å². The van der Waals surface area contributed by atoms with Gasteiger partial charge in [-0.1, -0.05) is 91.0 Å². The zero-order valence-electron chi connectivity index (χ0n) is 15.8. The van der Waals surface area contributed by atoms with Gasteiger partial charge in [-0.2, -0.15) is 0 Å². The lowest BCUT2D eigenvalue weighted by molar-refractivity contribution is 0.0951. The van der Waals surface area contributed by atoms with Gasteiger partial charge in [0.1, 0.15) is 18.5 Å². The van der Waals surface area contributed by atoms with Crippen molar-refractivity contribution in [2.24, 2.45) is 0 Å². The molecule has 1 aliphatic heterocycles. The molecular weight excluding hydrogens is 360 g/mol. The fraction of sp³-hybridized carbons (Fsp3) is 0.115. The van der Waals surface area contributed by atoms with Crippen molar-refractivity contribution in [3.63, 3.8) is 0 Å². The summed E-state index contributed by atoms with van der Waals surface area (Å²) in [5, 5.41) is 1.91. The van der Waals surface area contributed by atoms with Crippen molar-refractivity contribution in [3.8, 4) is 5.75 Å². The van der Waals surface area contributed by atoms with Gasteiger partial charge in [-0.25, -0.2) is 0 Å². The summed E-state index contributed by atoms with van der Waals surface area (Å²) in [4.78, 5) is 13.4. The van der Waals surface area contributed by atoms with Gasteiger partial charge in [-0.05, 0) is 28.0 Å². The summed E-state index contributed by atoms with van der Waals surface area (Å²) < 4.78 is 11.9. The maximum Gasteiger partial charge on any atom is 0.198 e. The Hall–Kier alpha value is -3.43. The molecule has 0 saturated carbocycles. The van der Waals surface area contributed by atoms with E-state index in [0.717, 1.165) is 21.9 Å². The summed E-state index contributed by atoms with van der Waals surface area (Å²) >= 11 is 0. The monoisotopic (exact) mass is 380 g/mol. The molecule has 1 saturated heterocycles. The second-order valence-electron chi connectivity index (χ2n) is 7.19. The summed E-state index contributed by atoms with van der Waals surface area (Å²) in [5.74, 6) is 0.568. The number of ketones is 1. The van der Waals surface area contributed by atoms with Crippen LogP contribution in [-0.2, 0) is 11.3 Å². The highest BCUT2D eigenvalue weighted by Gasteiger charge is 2.47. The Morgan fingerprint density at radius 2 is 1.48 bits per heavy atom. The van der Waals surface area contributed by atoms with Crippen LogP contribution in [0, 0.1) is 0 Å². The Morgan fingerprint density at radius 3 is 2.28 bits per heavy atom. The van der Waals surface area contributed by atoms with Crippen LogP contribution in [0.1, 0.15) is 27.6 Å². The van der Waals surface area contributed by atoms with Crippen molar-refractivity contribution in [1.29, 1.82) is 0 Å². The van der Waals surface area contributed by atoms with E-state index in [4.69, 9.17) is 9.47 Å². The molecule has 0 aromatic heterocycles. The molecule has 5 rings (SSSR count). The Kier molecular flexibility index (Phi) is 4.59. The molecule has 0 spiro atoms. The maximum absolute atomic E-state index is 13.4. The average molecular weight is 380 g/mol. The van der Waals surface area contributed by atoms with Gasteiger partial charge < -0.3 is 9.47 Å². The molecular formula is C26H20O3. The number of hydrogen-bond acceptors (Lipinski definition) is 3. The molecule has 0 N–H and O–H groups in total. The molecule has 1 aliphatic rings. The third-order valence-electron chi connectivity index (χ3n) is 5.25. The van der Waals surface area contributed by atoms with Crippen LogP contribution in [-0.4, -0.2) is 11.9 Å². The van der Waals surface area contributed by atoms with Gasteiger partial charge in [0.25, 0.3) is 0 Å². The molecule has 1 heterocycles. The van der Waals surface area contributed by atoms with Gasteiger partial charge in [0, 0.05) is 0 Å². The number of ether oxygens (including phenoxy) is 2. The molecule has 0 radical (unpaired) electrons. The highest BCUT2D eigenvalue weighted by molar-refractivity contribution is 6.13. The molecule has 29 heavy (non-hydrogen) atoms. The standard InChI is InChI=1S/C26H20O3/c27-24(26-25(29-26)20-12-5-2-6-13-20)23-21-14-8-7-11-19(21)15-16-22(23)28-17-18-9-3-1-4-10-18/h1-16,25-26H,17H2/t25-,26+/m1/s1. The number of carbonyl (C=O) groups excluding carboxylic acids is 1. The predicted molar refractivity (Wildman–Crippen MR) is 113 cm³/mol. The van der Waals surface area contributed by atoms with Crippen molar-refractivity contribution in [2.75, 3.05) is 0 Å². The first-order valence-corrected chi connectivity index (χ1v) is 9.74. The van der Waals surface area contributed by atoms with Crippen molar-refractivity contribution in [2.45, 2.75) is 18.8 Å². The fourth-order valence-corrected chi connectivity index (χ4v) is 3.71. The Labute approximate surface area is 169 Å². The summed E-state index contributed by atoms with van der Waals surface area (Å²) in [6.45, 7) is 0.410. The number of rotatable bonds is 6. The van der Waals surface area contributed by atoms with Crippen molar-refractivity contribution in [3.05, 3.63) is 114 Å². The van der Waals surface area contributed by atoms with Gasteiger partial charge in [0.05, 0.1) is 5.56 Å². The third kappa shape index (κ3) is 3.53. The Balaban J connectivity index is 1.48. The van der Waals surface area contributed by atoms with Gasteiger partial charge >= 0.3 is 0 Å². The first-order chi connectivity index (χ1) is 14.3. The number of hydrogen-bond donors (Lipinski definition) is 0. The highest BCUT2D eigenvalue weighted by Crippen LogP contribution is 2.43. The topological polar surface area (TPSA) is 38.8 Å². The van der Waals surface area contributed by atoms with E-state index in [1.807, 2.05) is 97.1 Å². The van der Waals surface area contributed by atoms with Crippen LogP contribution in [0.3, 0.4) is 0 Å². The van der Waals surface area contributed by atoms with Crippen LogP contribution < -0.4 is 4.74 Å². The van der Waals surface area contributed by atoms with E-state index in [1.54, 1.807) is 0 Å². The van der Waals surface area contributed by atoms with E-state index in [0.29, 0.717) is 17.9 Å². The normalized spacial score (nSPS) is 17.8. The lowest BCUT2D eigenvalue weighted by Gasteiger charge is -2.13. The molecule has 4 aromatic rings. The minimum Gasteiger partial charge on any atom is -0.488 e. The van der Waals surface area contributed by atoms with E-state index in [2.05, 4.69) is 0 Å². The molecule has 0 bridgehead atoms. The second kappa shape index (κ2) is 7.53. The zero-order valence-corrected chi connectivity index (χ0v) is 15.8. The smallest absolute Gasteiger partial charge is 0.198 e. The quantitative estimate of drug-likeness (QED) is 0.316. The minimum absolute atomic E-state index is 0.0290. The first-order valence-electron chi connectivity index (χ1n) is 9.74. The minimum atomic E-state index is -0.470. The summed E-state index contributed by atoms with van der Waals surface area (Å²) in [6, 6.07) is 31.6. The first kappa shape index (κ1) is 17.7. The van der Waals surface area contributed by atoms with E-state index < -0.39 is 6.10 Å². The summed E-state index contributed by atoms with van der Waals surface area (Å²) in [5.41, 5.74) is 2.68. The molecule has 1 fully saturated rings. The molecule has 142 valence electrons. The van der Waals surface area contributed by atoms with E-state index in [9.17, 15) is 4.79 Å². The van der Waals surface area contributed by atoms with Crippen LogP contribution in [0.25, 0.3) is 10.8 Å². The fourth-order valence-electron chi connectivity index (χ4n) is 3.71. The Morgan fingerprint density at radius 1 is 0.793 bits per heavy atom. The van der Waals surface area contributed by atoms with Crippen LogP contribution in [0.15, 0.2) is 97.1 Å². The van der Waals surface area contributed by atoms with E-state index in [1.165, 1.54) is 0 Å². The SMILES string of the molecule is O=C(c1c(OCc2ccccc2)ccc2ccccc12)[C@@H]1O[C@@H]1c1ccccc1. The van der Waals surface area contributed by atoms with Crippen molar-refractivity contribution < 1.29 is 14.3 Å². The lowest BCUT2D eigenvalue weighted by Crippen LogP contribution is -2.11. The maximum atomic E-state index is 13.4. The average Bonchev–Trinajstić information content (AvgIpc) is 3.59. The zero-order chi connectivity index (χ0) is 19.6. The largest absolute Gasteiger partial charge is 0.488 e. The number of benzene rings is 4. The van der Waals surface area contributed by atoms with Gasteiger partial charge in [-0.3, -0.25) is 4.79 Å². The molecule has 0 amide bonds. The summed E-state index contributed by atoms with van der Waals surface area (Å²) in [7, 11) is 0. The van der Waals surface area contributed by atoms with Crippen molar-refractivity contribution >= 4 is 16.6 Å². The number of fused-ring (bicyclic) bond motifs is 1. The lowest BCUT2D eigenvalue weighted by atomic mass is 9.96. The number of epoxide rings is 1. The molecule has 0 unspecified atom stereocenters. The molecule has 3 nitrogen and oxygen atoms in total. The summed E-state index contributed by atoms with van der Waals surface area (Å²) in [6.07, 6.45) is -0.660. The number of carbonyl (C=O) groups is 1. The predicted octanol–water partition coefficient (Wildman–Crippen LogP) is 5.74. The van der Waals surface area contributed by atoms with Crippen LogP contribution in [0.4, 0.5) is 0 Å². The van der Waals surface area contributed by atoms with Gasteiger partial charge in [0.15, 0.2) is 11.9 Å².